The molecule has 1 aromatic heterocycles. The van der Waals surface area contributed by atoms with Crippen LogP contribution >= 0.6 is 27.3 Å². The van der Waals surface area contributed by atoms with Gasteiger partial charge in [-0.15, -0.1) is 11.3 Å². The highest BCUT2D eigenvalue weighted by atomic mass is 79.9. The molecule has 3 aromatic rings. The van der Waals surface area contributed by atoms with Gasteiger partial charge in [0.05, 0.1) is 36.1 Å². The van der Waals surface area contributed by atoms with Crippen molar-refractivity contribution < 1.29 is 14.3 Å². The molecule has 0 saturated carbocycles. The van der Waals surface area contributed by atoms with Crippen LogP contribution in [-0.4, -0.2) is 20.0 Å². The molecular weight excluding hydrogens is 488 g/mol. The van der Waals surface area contributed by atoms with Gasteiger partial charge in [0.25, 0.3) is 0 Å². The van der Waals surface area contributed by atoms with Crippen molar-refractivity contribution in [2.75, 3.05) is 24.9 Å². The fourth-order valence-corrected chi connectivity index (χ4v) is 6.02. The zero-order valence-corrected chi connectivity index (χ0v) is 20.2. The second-order valence-corrected chi connectivity index (χ2v) is 9.76. The fraction of sp³-hybridized carbons (Fsp3) is 0.240. The Hall–Kier alpha value is -2.77. The third kappa shape index (κ3) is 3.69. The number of allylic oxidation sites excluding steroid dienone is 1. The molecule has 0 radical (unpaired) electrons. The van der Waals surface area contributed by atoms with Crippen LogP contribution in [0.4, 0.5) is 11.4 Å². The van der Waals surface area contributed by atoms with Crippen molar-refractivity contribution in [1.29, 1.82) is 0 Å². The molecule has 0 saturated heterocycles. The Morgan fingerprint density at radius 3 is 2.56 bits per heavy atom. The number of thiophene rings is 1. The number of hydrogen-bond acceptors (Lipinski definition) is 6. The summed E-state index contributed by atoms with van der Waals surface area (Å²) in [6, 6.07) is 15.9. The number of anilines is 2. The second-order valence-electron chi connectivity index (χ2n) is 7.92. The lowest BCUT2D eigenvalue weighted by atomic mass is 9.80. The molecule has 0 bridgehead atoms. The normalized spacial score (nSPS) is 19.9. The number of ether oxygens (including phenoxy) is 2. The number of para-hydroxylation sites is 2. The monoisotopic (exact) mass is 510 g/mol. The maximum Gasteiger partial charge on any atom is 0.174 e. The van der Waals surface area contributed by atoms with Crippen molar-refractivity contribution in [2.45, 2.75) is 24.8 Å². The van der Waals surface area contributed by atoms with Gasteiger partial charge >= 0.3 is 0 Å². The number of halogens is 1. The van der Waals surface area contributed by atoms with Crippen molar-refractivity contribution in [3.05, 3.63) is 80.1 Å². The van der Waals surface area contributed by atoms with Crippen LogP contribution in [-0.2, 0) is 4.79 Å². The van der Waals surface area contributed by atoms with Gasteiger partial charge in [-0.3, -0.25) is 4.79 Å². The SMILES string of the molecule is COc1cc([C@H]2Nc3ccccc3NC3=C2C(=O)C[C@H](c2cccs2)C3)cc(Br)c1OC. The number of fused-ring (bicyclic) bond motifs is 1. The summed E-state index contributed by atoms with van der Waals surface area (Å²) in [7, 11) is 3.23. The number of hydrogen-bond donors (Lipinski definition) is 2. The van der Waals surface area contributed by atoms with E-state index in [4.69, 9.17) is 9.47 Å². The Kier molecular flexibility index (Phi) is 5.69. The van der Waals surface area contributed by atoms with Gasteiger partial charge in [0.1, 0.15) is 0 Å². The van der Waals surface area contributed by atoms with Gasteiger partial charge in [0, 0.05) is 28.5 Å². The van der Waals surface area contributed by atoms with E-state index in [1.54, 1.807) is 25.6 Å². The maximum absolute atomic E-state index is 13.6. The Balaban J connectivity index is 1.65. The number of benzene rings is 2. The lowest BCUT2D eigenvalue weighted by Crippen LogP contribution is -2.26. The van der Waals surface area contributed by atoms with E-state index in [0.29, 0.717) is 17.9 Å². The van der Waals surface area contributed by atoms with Gasteiger partial charge in [0.15, 0.2) is 17.3 Å². The summed E-state index contributed by atoms with van der Waals surface area (Å²) in [6.45, 7) is 0. The molecule has 2 atom stereocenters. The Bertz CT molecular complexity index is 1210. The highest BCUT2D eigenvalue weighted by Crippen LogP contribution is 2.47. The number of ketones is 1. The standard InChI is InChI=1S/C25H23BrN2O3S/c1-30-21-13-15(10-16(26)25(21)31-2)24-23-19(27-17-6-3-4-7-18(17)28-24)11-14(12-20(23)29)22-8-5-9-32-22/h3-10,13-14,24,27-28H,11-12H2,1-2H3/t14-,24-/m1/s1. The first-order valence-electron chi connectivity index (χ1n) is 10.4. The van der Waals surface area contributed by atoms with Crippen LogP contribution in [0.1, 0.15) is 35.2 Å². The van der Waals surface area contributed by atoms with Crippen LogP contribution in [0.3, 0.4) is 0 Å². The molecule has 0 spiro atoms. The molecule has 32 heavy (non-hydrogen) atoms. The maximum atomic E-state index is 13.6. The van der Waals surface area contributed by atoms with E-state index < -0.39 is 0 Å². The third-order valence-electron chi connectivity index (χ3n) is 6.04. The molecule has 5 rings (SSSR count). The first-order valence-corrected chi connectivity index (χ1v) is 12.1. The van der Waals surface area contributed by atoms with E-state index in [0.717, 1.165) is 39.1 Å². The van der Waals surface area contributed by atoms with Gasteiger partial charge < -0.3 is 20.1 Å². The average Bonchev–Trinajstić information content (AvgIpc) is 3.27. The minimum atomic E-state index is -0.311. The van der Waals surface area contributed by atoms with Crippen LogP contribution < -0.4 is 20.1 Å². The van der Waals surface area contributed by atoms with Crippen LogP contribution in [0, 0.1) is 0 Å². The minimum Gasteiger partial charge on any atom is -0.493 e. The van der Waals surface area contributed by atoms with E-state index in [1.807, 2.05) is 36.4 Å². The molecule has 7 heteroatoms. The Morgan fingerprint density at radius 1 is 1.03 bits per heavy atom. The third-order valence-corrected chi connectivity index (χ3v) is 7.67. The number of carbonyl (C=O) groups is 1. The molecule has 1 aliphatic heterocycles. The molecule has 2 heterocycles. The highest BCUT2D eigenvalue weighted by Gasteiger charge is 2.36. The summed E-state index contributed by atoms with van der Waals surface area (Å²) in [5.74, 6) is 1.60. The van der Waals surface area contributed by atoms with Gasteiger partial charge in [-0.1, -0.05) is 18.2 Å². The van der Waals surface area contributed by atoms with Crippen LogP contribution in [0.2, 0.25) is 0 Å². The molecule has 5 nitrogen and oxygen atoms in total. The summed E-state index contributed by atoms with van der Waals surface area (Å²) in [4.78, 5) is 14.8. The minimum absolute atomic E-state index is 0.161. The number of methoxy groups -OCH3 is 2. The number of Topliss-reactive ketones (excluding diaryl/α,β-unsaturated/α-hetero) is 1. The van der Waals surface area contributed by atoms with Gasteiger partial charge in [0.2, 0.25) is 0 Å². The molecule has 2 N–H and O–H groups in total. The molecular formula is C25H23BrN2O3S. The summed E-state index contributed by atoms with van der Waals surface area (Å²) in [6.07, 6.45) is 1.30. The first kappa shape index (κ1) is 21.1. The lowest BCUT2D eigenvalue weighted by Gasteiger charge is -2.29. The number of nitrogens with one attached hydrogen (secondary N) is 2. The van der Waals surface area contributed by atoms with Gasteiger partial charge in [-0.05, 0) is 63.6 Å². The van der Waals surface area contributed by atoms with E-state index in [1.165, 1.54) is 4.88 Å². The van der Waals surface area contributed by atoms with Crippen molar-refractivity contribution >= 4 is 44.4 Å². The smallest absolute Gasteiger partial charge is 0.174 e. The van der Waals surface area contributed by atoms with Crippen LogP contribution in [0.15, 0.2) is 69.7 Å². The van der Waals surface area contributed by atoms with Crippen molar-refractivity contribution in [1.82, 2.24) is 0 Å². The second kappa shape index (κ2) is 8.64. The highest BCUT2D eigenvalue weighted by molar-refractivity contribution is 9.10. The predicted octanol–water partition coefficient (Wildman–Crippen LogP) is 6.51. The van der Waals surface area contributed by atoms with Crippen molar-refractivity contribution in [3.63, 3.8) is 0 Å². The topological polar surface area (TPSA) is 59.6 Å². The van der Waals surface area contributed by atoms with E-state index >= 15 is 0 Å². The van der Waals surface area contributed by atoms with Crippen LogP contribution in [0.25, 0.3) is 0 Å². The number of rotatable bonds is 4. The van der Waals surface area contributed by atoms with Crippen molar-refractivity contribution in [3.8, 4) is 11.5 Å². The summed E-state index contributed by atoms with van der Waals surface area (Å²) in [5.41, 5.74) is 4.63. The largest absolute Gasteiger partial charge is 0.493 e. The summed E-state index contributed by atoms with van der Waals surface area (Å²) < 4.78 is 11.9. The molecule has 2 aromatic carbocycles. The quantitative estimate of drug-likeness (QED) is 0.419. The fourth-order valence-electron chi connectivity index (χ4n) is 4.57. The van der Waals surface area contributed by atoms with Crippen molar-refractivity contribution in [2.24, 2.45) is 0 Å². The van der Waals surface area contributed by atoms with E-state index in [2.05, 4.69) is 44.1 Å². The zero-order chi connectivity index (χ0) is 22.2. The predicted molar refractivity (Wildman–Crippen MR) is 132 cm³/mol. The first-order chi connectivity index (χ1) is 15.6. The van der Waals surface area contributed by atoms with E-state index in [-0.39, 0.29) is 17.7 Å². The summed E-state index contributed by atoms with van der Waals surface area (Å²) >= 11 is 5.32. The Labute approximate surface area is 199 Å². The lowest BCUT2D eigenvalue weighted by molar-refractivity contribution is -0.116. The Morgan fingerprint density at radius 2 is 1.84 bits per heavy atom. The van der Waals surface area contributed by atoms with E-state index in [9.17, 15) is 4.79 Å². The molecule has 2 aliphatic rings. The summed E-state index contributed by atoms with van der Waals surface area (Å²) in [5, 5.41) is 9.27. The zero-order valence-electron chi connectivity index (χ0n) is 17.8. The molecule has 0 fully saturated rings. The number of carbonyl (C=O) groups excluding carboxylic acids is 1. The molecule has 0 amide bonds. The molecule has 1 aliphatic carbocycles. The molecule has 164 valence electrons. The average molecular weight is 511 g/mol. The van der Waals surface area contributed by atoms with Crippen LogP contribution in [0.5, 0.6) is 11.5 Å². The van der Waals surface area contributed by atoms with Gasteiger partial charge in [-0.25, -0.2) is 0 Å². The van der Waals surface area contributed by atoms with Gasteiger partial charge in [-0.2, -0.15) is 0 Å². The molecule has 0 unspecified atom stereocenters.